The lowest BCUT2D eigenvalue weighted by Crippen LogP contribution is -2.24. The second kappa shape index (κ2) is 6.11. The fourth-order valence-electron chi connectivity index (χ4n) is 1.59. The highest BCUT2D eigenvalue weighted by Gasteiger charge is 2.06. The number of nitrogens with zero attached hydrogens (tertiary/aromatic N) is 1. The molecule has 0 amide bonds. The topological polar surface area (TPSA) is 3.24 Å². The number of hydrogen-bond acceptors (Lipinski definition) is 1. The van der Waals surface area contributed by atoms with E-state index in [1.807, 2.05) is 12.1 Å². The lowest BCUT2D eigenvalue weighted by Gasteiger charge is -2.23. The fraction of sp³-hybridized carbons (Fsp3) is 0.500. The number of halogens is 2. The van der Waals surface area contributed by atoms with Gasteiger partial charge < -0.3 is 4.90 Å². The predicted molar refractivity (Wildman–Crippen MR) is 66.9 cm³/mol. The summed E-state index contributed by atoms with van der Waals surface area (Å²) in [6, 6.07) is 5.20. The molecule has 1 aromatic rings. The van der Waals surface area contributed by atoms with Crippen molar-refractivity contribution in [2.45, 2.75) is 26.7 Å². The number of anilines is 1. The molecule has 0 fully saturated rings. The summed E-state index contributed by atoms with van der Waals surface area (Å²) in [5.74, 6) is -0.202. The molecule has 0 bridgehead atoms. The highest BCUT2D eigenvalue weighted by atomic mass is 79.9. The Morgan fingerprint density at radius 3 is 2.27 bits per heavy atom. The van der Waals surface area contributed by atoms with Gasteiger partial charge in [-0.15, -0.1) is 0 Å². The van der Waals surface area contributed by atoms with E-state index in [-0.39, 0.29) is 5.82 Å². The first-order valence-electron chi connectivity index (χ1n) is 5.39. The Labute approximate surface area is 99.4 Å². The number of hydrogen-bond donors (Lipinski definition) is 0. The minimum Gasteiger partial charge on any atom is -0.372 e. The zero-order chi connectivity index (χ0) is 11.3. The Kier molecular flexibility index (Phi) is 5.09. The molecule has 1 rings (SSSR count). The lowest BCUT2D eigenvalue weighted by molar-refractivity contribution is 0.620. The van der Waals surface area contributed by atoms with Crippen LogP contribution in [-0.2, 0) is 0 Å². The van der Waals surface area contributed by atoms with Crippen molar-refractivity contribution in [2.24, 2.45) is 0 Å². The van der Waals surface area contributed by atoms with Crippen molar-refractivity contribution < 1.29 is 4.39 Å². The third kappa shape index (κ3) is 3.49. The van der Waals surface area contributed by atoms with Gasteiger partial charge in [-0.3, -0.25) is 0 Å². The maximum absolute atomic E-state index is 13.1. The van der Waals surface area contributed by atoms with Gasteiger partial charge >= 0.3 is 0 Å². The largest absolute Gasteiger partial charge is 0.372 e. The van der Waals surface area contributed by atoms with Crippen LogP contribution in [0.5, 0.6) is 0 Å². The van der Waals surface area contributed by atoms with Crippen LogP contribution < -0.4 is 4.90 Å². The highest BCUT2D eigenvalue weighted by Crippen LogP contribution is 2.23. The average molecular weight is 274 g/mol. The first kappa shape index (κ1) is 12.5. The molecule has 0 radical (unpaired) electrons. The Morgan fingerprint density at radius 1 is 1.20 bits per heavy atom. The van der Waals surface area contributed by atoms with Crippen molar-refractivity contribution >= 4 is 21.6 Å². The summed E-state index contributed by atoms with van der Waals surface area (Å²) in [5, 5.41) is 0. The van der Waals surface area contributed by atoms with Gasteiger partial charge in [-0.1, -0.05) is 13.8 Å². The van der Waals surface area contributed by atoms with Crippen LogP contribution in [-0.4, -0.2) is 13.1 Å². The van der Waals surface area contributed by atoms with Gasteiger partial charge in [0.2, 0.25) is 0 Å². The van der Waals surface area contributed by atoms with Crippen LogP contribution in [0.4, 0.5) is 10.1 Å². The van der Waals surface area contributed by atoms with Gasteiger partial charge in [-0.05, 0) is 47.0 Å². The molecule has 15 heavy (non-hydrogen) atoms. The molecule has 0 saturated carbocycles. The molecule has 84 valence electrons. The van der Waals surface area contributed by atoms with Crippen molar-refractivity contribution in [1.29, 1.82) is 0 Å². The van der Waals surface area contributed by atoms with Gasteiger partial charge in [0.25, 0.3) is 0 Å². The molecule has 0 aliphatic heterocycles. The smallest absolute Gasteiger partial charge is 0.137 e. The maximum Gasteiger partial charge on any atom is 0.137 e. The summed E-state index contributed by atoms with van der Waals surface area (Å²) < 4.78 is 13.6. The van der Waals surface area contributed by atoms with Crippen molar-refractivity contribution in [3.63, 3.8) is 0 Å². The summed E-state index contributed by atoms with van der Waals surface area (Å²) in [4.78, 5) is 2.28. The molecule has 0 aliphatic rings. The SMILES string of the molecule is CCCN(CCC)c1ccc(F)c(Br)c1. The Morgan fingerprint density at radius 2 is 1.80 bits per heavy atom. The predicted octanol–water partition coefficient (Wildman–Crippen LogP) is 4.21. The lowest BCUT2D eigenvalue weighted by atomic mass is 10.2. The van der Waals surface area contributed by atoms with Gasteiger partial charge in [0.05, 0.1) is 4.47 Å². The summed E-state index contributed by atoms with van der Waals surface area (Å²) >= 11 is 3.21. The van der Waals surface area contributed by atoms with E-state index in [4.69, 9.17) is 0 Å². The summed E-state index contributed by atoms with van der Waals surface area (Å²) in [6.45, 7) is 6.35. The third-order valence-electron chi connectivity index (χ3n) is 2.26. The van der Waals surface area contributed by atoms with E-state index in [1.165, 1.54) is 6.07 Å². The zero-order valence-electron chi connectivity index (χ0n) is 9.26. The molecule has 0 unspecified atom stereocenters. The van der Waals surface area contributed by atoms with Crippen LogP contribution in [0, 0.1) is 5.82 Å². The first-order chi connectivity index (χ1) is 7.19. The van der Waals surface area contributed by atoms with Gasteiger partial charge in [0, 0.05) is 18.8 Å². The minimum atomic E-state index is -0.202. The summed E-state index contributed by atoms with van der Waals surface area (Å²) in [7, 11) is 0. The molecule has 3 heteroatoms. The standard InChI is InChI=1S/C12H17BrFN/c1-3-7-15(8-4-2)10-5-6-12(14)11(13)9-10/h5-6,9H,3-4,7-8H2,1-2H3. The molecule has 0 spiro atoms. The second-order valence-electron chi connectivity index (χ2n) is 3.59. The molecule has 0 N–H and O–H groups in total. The molecule has 1 nitrogen and oxygen atoms in total. The van der Waals surface area contributed by atoms with Crippen LogP contribution >= 0.6 is 15.9 Å². The normalized spacial score (nSPS) is 10.4. The van der Waals surface area contributed by atoms with E-state index in [2.05, 4.69) is 34.7 Å². The van der Waals surface area contributed by atoms with Gasteiger partial charge in [0.1, 0.15) is 5.82 Å². The Hall–Kier alpha value is -0.570. The monoisotopic (exact) mass is 273 g/mol. The summed E-state index contributed by atoms with van der Waals surface area (Å²) in [6.07, 6.45) is 2.21. The molecule has 0 heterocycles. The van der Waals surface area contributed by atoms with Crippen LogP contribution in [0.3, 0.4) is 0 Å². The molecular formula is C12H17BrFN. The van der Waals surface area contributed by atoms with E-state index in [9.17, 15) is 4.39 Å². The van der Waals surface area contributed by atoms with E-state index in [1.54, 1.807) is 0 Å². The molecule has 0 aliphatic carbocycles. The van der Waals surface area contributed by atoms with E-state index < -0.39 is 0 Å². The van der Waals surface area contributed by atoms with Crippen molar-refractivity contribution in [3.8, 4) is 0 Å². The van der Waals surface area contributed by atoms with Gasteiger partial charge in [-0.25, -0.2) is 4.39 Å². The van der Waals surface area contributed by atoms with Crippen molar-refractivity contribution in [2.75, 3.05) is 18.0 Å². The molecular weight excluding hydrogens is 257 g/mol. The van der Waals surface area contributed by atoms with Crippen molar-refractivity contribution in [1.82, 2.24) is 0 Å². The average Bonchev–Trinajstić information content (AvgIpc) is 2.22. The van der Waals surface area contributed by atoms with Crippen LogP contribution in [0.25, 0.3) is 0 Å². The maximum atomic E-state index is 13.1. The van der Waals surface area contributed by atoms with Crippen LogP contribution in [0.15, 0.2) is 22.7 Å². The number of benzene rings is 1. The minimum absolute atomic E-state index is 0.202. The molecule has 0 atom stereocenters. The molecule has 0 saturated heterocycles. The number of rotatable bonds is 5. The van der Waals surface area contributed by atoms with E-state index in [0.717, 1.165) is 31.6 Å². The van der Waals surface area contributed by atoms with E-state index >= 15 is 0 Å². The third-order valence-corrected chi connectivity index (χ3v) is 2.86. The van der Waals surface area contributed by atoms with Crippen LogP contribution in [0.2, 0.25) is 0 Å². The summed E-state index contributed by atoms with van der Waals surface area (Å²) in [5.41, 5.74) is 1.09. The fourth-order valence-corrected chi connectivity index (χ4v) is 1.96. The first-order valence-corrected chi connectivity index (χ1v) is 6.18. The van der Waals surface area contributed by atoms with E-state index in [0.29, 0.717) is 4.47 Å². The van der Waals surface area contributed by atoms with Gasteiger partial charge in [0.15, 0.2) is 0 Å². The van der Waals surface area contributed by atoms with Crippen LogP contribution in [0.1, 0.15) is 26.7 Å². The zero-order valence-corrected chi connectivity index (χ0v) is 10.8. The molecule has 0 aromatic heterocycles. The Bertz CT molecular complexity index is 308. The Balaban J connectivity index is 2.85. The van der Waals surface area contributed by atoms with Gasteiger partial charge in [-0.2, -0.15) is 0 Å². The second-order valence-corrected chi connectivity index (χ2v) is 4.44. The quantitative estimate of drug-likeness (QED) is 0.777. The molecule has 1 aromatic carbocycles. The highest BCUT2D eigenvalue weighted by molar-refractivity contribution is 9.10. The van der Waals surface area contributed by atoms with Crippen molar-refractivity contribution in [3.05, 3.63) is 28.5 Å².